The summed E-state index contributed by atoms with van der Waals surface area (Å²) in [5.41, 5.74) is 0.749. The lowest BCUT2D eigenvalue weighted by molar-refractivity contribution is -0.161. The summed E-state index contributed by atoms with van der Waals surface area (Å²) in [5, 5.41) is 0.792. The van der Waals surface area contributed by atoms with Crippen molar-refractivity contribution < 1.29 is 22.7 Å². The van der Waals surface area contributed by atoms with Crippen molar-refractivity contribution in [2.75, 3.05) is 20.7 Å². The Labute approximate surface area is 241 Å². The van der Waals surface area contributed by atoms with E-state index < -0.39 is 33.5 Å². The Morgan fingerprint density at radius 2 is 1.79 bits per heavy atom. The van der Waals surface area contributed by atoms with Crippen molar-refractivity contribution in [1.29, 1.82) is 0 Å². The number of likely N-dealkylation sites (tertiary alicyclic amines) is 1. The Balaban J connectivity index is 1.86. The molecule has 1 aliphatic carbocycles. The lowest BCUT2D eigenvalue weighted by Crippen LogP contribution is -2.58. The minimum absolute atomic E-state index is 0.0874. The summed E-state index contributed by atoms with van der Waals surface area (Å²) in [7, 11) is -0.550. The number of carbonyl (C=O) groups is 2. The third-order valence-corrected chi connectivity index (χ3v) is 10.9. The molecule has 0 spiro atoms. The fourth-order valence-corrected chi connectivity index (χ4v) is 7.72. The Hall–Kier alpha value is -2.13. The molecular weight excluding hydrogens is 559 g/mol. The minimum atomic E-state index is -3.45. The molecule has 4 atom stereocenters. The van der Waals surface area contributed by atoms with Gasteiger partial charge in [0.25, 0.3) is 0 Å². The first-order valence-corrected chi connectivity index (χ1v) is 15.5. The smallest absolute Gasteiger partial charge is 0.306 e. The van der Waals surface area contributed by atoms with Crippen LogP contribution in [0, 0.1) is 5.41 Å². The highest BCUT2D eigenvalue weighted by Gasteiger charge is 2.53. The van der Waals surface area contributed by atoms with E-state index >= 15 is 0 Å². The molecule has 2 aromatic rings. The summed E-state index contributed by atoms with van der Waals surface area (Å²) < 4.78 is 32.5. The number of carbonyl (C=O) groups excluding carboxylic acids is 2. The molecule has 2 fully saturated rings. The van der Waals surface area contributed by atoms with Crippen LogP contribution in [0.3, 0.4) is 0 Å². The number of hydrogen-bond acceptors (Lipinski definition) is 5. The first kappa shape index (κ1) is 29.8. The second kappa shape index (κ2) is 11.8. The highest BCUT2D eigenvalue weighted by Crippen LogP contribution is 2.52. The predicted molar refractivity (Wildman–Crippen MR) is 153 cm³/mol. The van der Waals surface area contributed by atoms with Gasteiger partial charge in [0, 0.05) is 35.6 Å². The standard InChI is InChI=1S/C29H36Cl2N2O5S/c1-5-23(18-32(3)39(36,37)24-13-14-24)33-27(19-9-11-21(30)12-10-19)25(20-7-6-8-22(31)15-20)16-29(2,28(33)35)17-26(34)38-4/h6-12,15,23-25,27H,5,13-14,16-18H2,1-4H3/t23?,25?,27?,29-/m1/s1. The number of methoxy groups -OCH3 is 1. The zero-order valence-corrected chi connectivity index (χ0v) is 25.1. The molecule has 1 amide bonds. The summed E-state index contributed by atoms with van der Waals surface area (Å²) in [5.74, 6) is -0.895. The summed E-state index contributed by atoms with van der Waals surface area (Å²) in [6.45, 7) is 3.91. The van der Waals surface area contributed by atoms with Crippen LogP contribution >= 0.6 is 23.2 Å². The predicted octanol–water partition coefficient (Wildman–Crippen LogP) is 5.82. The van der Waals surface area contributed by atoms with Crippen LogP contribution in [0.25, 0.3) is 0 Å². The van der Waals surface area contributed by atoms with Crippen molar-refractivity contribution >= 4 is 45.1 Å². The molecular formula is C29H36Cl2N2O5S. The zero-order chi connectivity index (χ0) is 28.5. The van der Waals surface area contributed by atoms with Crippen LogP contribution in [-0.2, 0) is 24.3 Å². The molecule has 1 saturated heterocycles. The van der Waals surface area contributed by atoms with Crippen LogP contribution in [0.1, 0.15) is 69.0 Å². The molecule has 0 radical (unpaired) electrons. The van der Waals surface area contributed by atoms with Gasteiger partial charge in [-0.05, 0) is 61.1 Å². The van der Waals surface area contributed by atoms with Gasteiger partial charge in [-0.3, -0.25) is 9.59 Å². The van der Waals surface area contributed by atoms with E-state index in [1.54, 1.807) is 32.2 Å². The molecule has 1 aliphatic heterocycles. The van der Waals surface area contributed by atoms with Gasteiger partial charge in [-0.2, -0.15) is 0 Å². The molecule has 4 rings (SSSR count). The Morgan fingerprint density at radius 1 is 1.13 bits per heavy atom. The van der Waals surface area contributed by atoms with Crippen molar-refractivity contribution in [3.05, 3.63) is 69.7 Å². The van der Waals surface area contributed by atoms with Gasteiger partial charge < -0.3 is 9.64 Å². The molecule has 3 unspecified atom stereocenters. The lowest BCUT2D eigenvalue weighted by Gasteiger charge is -2.52. The average Bonchev–Trinajstić information content (AvgIpc) is 3.75. The van der Waals surface area contributed by atoms with Gasteiger partial charge in [-0.25, -0.2) is 12.7 Å². The van der Waals surface area contributed by atoms with Gasteiger partial charge in [0.2, 0.25) is 15.9 Å². The number of esters is 1. The van der Waals surface area contributed by atoms with Crippen molar-refractivity contribution in [1.82, 2.24) is 9.21 Å². The number of rotatable bonds is 10. The second-order valence-corrected chi connectivity index (χ2v) is 14.2. The molecule has 0 bridgehead atoms. The number of likely N-dealkylation sites (N-methyl/N-ethyl adjacent to an activating group) is 1. The largest absolute Gasteiger partial charge is 0.469 e. The van der Waals surface area contributed by atoms with Crippen molar-refractivity contribution in [3.8, 4) is 0 Å². The highest BCUT2D eigenvalue weighted by molar-refractivity contribution is 7.90. The third kappa shape index (κ3) is 6.29. The number of amides is 1. The van der Waals surface area contributed by atoms with E-state index in [1.807, 2.05) is 42.2 Å². The van der Waals surface area contributed by atoms with E-state index in [1.165, 1.54) is 11.4 Å². The molecule has 10 heteroatoms. The van der Waals surface area contributed by atoms with Crippen molar-refractivity contribution in [3.63, 3.8) is 0 Å². The third-order valence-electron chi connectivity index (χ3n) is 8.07. The topological polar surface area (TPSA) is 84.0 Å². The zero-order valence-electron chi connectivity index (χ0n) is 22.8. The normalized spacial score (nSPS) is 24.6. The van der Waals surface area contributed by atoms with Crippen molar-refractivity contribution in [2.45, 2.75) is 69.2 Å². The maximum atomic E-state index is 14.5. The molecule has 1 heterocycles. The average molecular weight is 596 g/mol. The number of piperidine rings is 1. The van der Waals surface area contributed by atoms with Gasteiger partial charge in [-0.1, -0.05) is 61.3 Å². The molecule has 212 valence electrons. The molecule has 2 aromatic carbocycles. The van der Waals surface area contributed by atoms with Crippen LogP contribution < -0.4 is 0 Å². The Kier molecular flexibility index (Phi) is 9.01. The highest BCUT2D eigenvalue weighted by atomic mass is 35.5. The van der Waals surface area contributed by atoms with Crippen LogP contribution in [0.2, 0.25) is 10.0 Å². The van der Waals surface area contributed by atoms with Crippen molar-refractivity contribution in [2.24, 2.45) is 5.41 Å². The molecule has 2 aliphatic rings. The maximum absolute atomic E-state index is 14.5. The first-order valence-electron chi connectivity index (χ1n) is 13.3. The number of ether oxygens (including phenoxy) is 1. The monoisotopic (exact) mass is 594 g/mol. The molecule has 7 nitrogen and oxygen atoms in total. The van der Waals surface area contributed by atoms with E-state index in [-0.39, 0.29) is 30.0 Å². The summed E-state index contributed by atoms with van der Waals surface area (Å²) in [6, 6.07) is 14.1. The van der Waals surface area contributed by atoms with Gasteiger partial charge in [0.1, 0.15) is 0 Å². The van der Waals surface area contributed by atoms with E-state index in [0.717, 1.165) is 11.1 Å². The van der Waals surface area contributed by atoms with Gasteiger partial charge in [-0.15, -0.1) is 0 Å². The van der Waals surface area contributed by atoms with E-state index in [2.05, 4.69) is 0 Å². The molecule has 0 N–H and O–H groups in total. The quantitative estimate of drug-likeness (QED) is 0.323. The van der Waals surface area contributed by atoms with E-state index in [0.29, 0.717) is 35.7 Å². The van der Waals surface area contributed by atoms with Crippen LogP contribution in [0.4, 0.5) is 0 Å². The van der Waals surface area contributed by atoms with Crippen LogP contribution in [0.5, 0.6) is 0 Å². The van der Waals surface area contributed by atoms with E-state index in [4.69, 9.17) is 27.9 Å². The fourth-order valence-electron chi connectivity index (χ4n) is 5.77. The Morgan fingerprint density at radius 3 is 2.36 bits per heavy atom. The minimum Gasteiger partial charge on any atom is -0.469 e. The number of hydrogen-bond donors (Lipinski definition) is 0. The number of sulfonamides is 1. The van der Waals surface area contributed by atoms with Gasteiger partial charge >= 0.3 is 5.97 Å². The molecule has 0 aromatic heterocycles. The summed E-state index contributed by atoms with van der Waals surface area (Å²) >= 11 is 12.7. The summed E-state index contributed by atoms with van der Waals surface area (Å²) in [6.07, 6.45) is 2.14. The first-order chi connectivity index (χ1) is 18.4. The Bertz CT molecular complexity index is 1320. The molecule has 39 heavy (non-hydrogen) atoms. The summed E-state index contributed by atoms with van der Waals surface area (Å²) in [4.78, 5) is 28.8. The number of halogens is 2. The van der Waals surface area contributed by atoms with Gasteiger partial charge in [0.05, 0.1) is 30.2 Å². The SMILES string of the molecule is CCC(CN(C)S(=O)(=O)C1CC1)N1C(=O)[C@@](C)(CC(=O)OC)CC(c2cccc(Cl)c2)C1c1ccc(Cl)cc1. The van der Waals surface area contributed by atoms with E-state index in [9.17, 15) is 18.0 Å². The maximum Gasteiger partial charge on any atom is 0.306 e. The second-order valence-electron chi connectivity index (χ2n) is 11.0. The van der Waals surface area contributed by atoms with Gasteiger partial charge in [0.15, 0.2) is 0 Å². The lowest BCUT2D eigenvalue weighted by atomic mass is 9.67. The number of nitrogens with zero attached hydrogens (tertiary/aromatic N) is 2. The number of benzene rings is 2. The fraction of sp³-hybridized carbons (Fsp3) is 0.517. The molecule has 1 saturated carbocycles. The van der Waals surface area contributed by atoms with Crippen LogP contribution in [0.15, 0.2) is 48.5 Å². The van der Waals surface area contributed by atoms with Crippen LogP contribution in [-0.4, -0.2) is 61.5 Å².